The van der Waals surface area contributed by atoms with Crippen LogP contribution < -0.4 is 0 Å². The van der Waals surface area contributed by atoms with Crippen LogP contribution in [0.25, 0.3) is 0 Å². The molecule has 1 nitrogen and oxygen atoms in total. The van der Waals surface area contributed by atoms with Crippen molar-refractivity contribution in [2.75, 3.05) is 0 Å². The van der Waals surface area contributed by atoms with Crippen LogP contribution in [0.3, 0.4) is 0 Å². The normalized spacial score (nSPS) is 13.0. The summed E-state index contributed by atoms with van der Waals surface area (Å²) in [4.78, 5) is 3.26. The summed E-state index contributed by atoms with van der Waals surface area (Å²) in [6, 6.07) is 0. The quantitative estimate of drug-likeness (QED) is 0.418. The molecule has 0 atom stereocenters. The Hall–Kier alpha value is -0.180. The molecule has 7 heavy (non-hydrogen) atoms. The average molecular weight is 166 g/mol. The van der Waals surface area contributed by atoms with E-state index in [0.29, 0.717) is 0 Å². The Morgan fingerprint density at radius 1 is 1.86 bits per heavy atom. The lowest BCUT2D eigenvalue weighted by molar-refractivity contribution is 0.635. The van der Waals surface area contributed by atoms with Gasteiger partial charge in [-0.25, -0.2) is 4.39 Å². The summed E-state index contributed by atoms with van der Waals surface area (Å²) >= 11 is 2.82. The van der Waals surface area contributed by atoms with E-state index in [0.717, 1.165) is 0 Å². The molecular weight excluding hydrogens is 161 g/mol. The molecule has 0 spiro atoms. The Bertz CT molecular complexity index is 104. The van der Waals surface area contributed by atoms with Crippen LogP contribution in [-0.2, 0) is 0 Å². The average Bonchev–Trinajstić information content (AvgIpc) is 1.65. The number of hydrogen-bond acceptors (Lipinski definition) is 1. The number of hydrogen-bond donors (Lipinski definition) is 0. The maximum absolute atomic E-state index is 11.8. The fraction of sp³-hybridized carbons (Fsp3) is 0.250. The van der Waals surface area contributed by atoms with Gasteiger partial charge in [-0.2, -0.15) is 0 Å². The van der Waals surface area contributed by atoms with E-state index >= 15 is 0 Å². The van der Waals surface area contributed by atoms with Crippen LogP contribution in [0.15, 0.2) is 15.4 Å². The number of aliphatic imine (C=N–C) groups is 1. The van der Waals surface area contributed by atoms with Crippen LogP contribution in [0.5, 0.6) is 0 Å². The van der Waals surface area contributed by atoms with Gasteiger partial charge in [-0.15, -0.1) is 0 Å². The minimum Gasteiger partial charge on any atom is -0.254 e. The zero-order valence-corrected chi connectivity index (χ0v) is 5.50. The monoisotopic (exact) mass is 165 g/mol. The van der Waals surface area contributed by atoms with Crippen molar-refractivity contribution in [3.63, 3.8) is 0 Å². The van der Waals surface area contributed by atoms with Crippen LogP contribution in [0.4, 0.5) is 4.39 Å². The summed E-state index contributed by atoms with van der Waals surface area (Å²) in [5.41, 5.74) is 0. The molecule has 0 saturated heterocycles. The largest absolute Gasteiger partial charge is 0.254 e. The molecule has 0 rings (SSSR count). The smallest absolute Gasteiger partial charge is 0.136 e. The lowest BCUT2D eigenvalue weighted by atomic mass is 10.7. The first-order chi connectivity index (χ1) is 3.18. The molecule has 0 aliphatic heterocycles. The topological polar surface area (TPSA) is 12.4 Å². The molecule has 0 heterocycles. The predicted molar refractivity (Wildman–Crippen MR) is 32.3 cm³/mol. The molecule has 0 aliphatic rings. The van der Waals surface area contributed by atoms with Crippen LogP contribution >= 0.6 is 15.9 Å². The molecule has 3 heteroatoms. The summed E-state index contributed by atoms with van der Waals surface area (Å²) in [6.45, 7) is 4.39. The Kier molecular flexibility index (Phi) is 2.83. The highest BCUT2D eigenvalue weighted by atomic mass is 79.9. The fourth-order valence-corrected chi connectivity index (χ4v) is 0.109. The van der Waals surface area contributed by atoms with Gasteiger partial charge in [0.1, 0.15) is 10.4 Å². The Morgan fingerprint density at radius 2 is 2.29 bits per heavy atom. The SMILES string of the molecule is C=N/C(Br)=C(\C)F. The molecule has 0 fully saturated rings. The molecule has 0 aromatic heterocycles. The number of rotatable bonds is 1. The van der Waals surface area contributed by atoms with E-state index in [1.807, 2.05) is 0 Å². The molecule has 0 unspecified atom stereocenters. The van der Waals surface area contributed by atoms with Crippen molar-refractivity contribution in [3.8, 4) is 0 Å². The molecule has 0 aliphatic carbocycles. The third-order valence-electron chi connectivity index (χ3n) is 0.423. The van der Waals surface area contributed by atoms with E-state index in [1.54, 1.807) is 0 Å². The van der Waals surface area contributed by atoms with E-state index in [9.17, 15) is 4.39 Å². The van der Waals surface area contributed by atoms with Gasteiger partial charge in [-0.3, -0.25) is 4.99 Å². The van der Waals surface area contributed by atoms with Crippen molar-refractivity contribution < 1.29 is 4.39 Å². The maximum Gasteiger partial charge on any atom is 0.136 e. The zero-order chi connectivity index (χ0) is 5.86. The summed E-state index contributed by atoms with van der Waals surface area (Å²) < 4.78 is 12.0. The van der Waals surface area contributed by atoms with E-state index < -0.39 is 0 Å². The summed E-state index contributed by atoms with van der Waals surface area (Å²) in [5, 5.41) is 0. The van der Waals surface area contributed by atoms with Gasteiger partial charge < -0.3 is 0 Å². The Balaban J connectivity index is 3.98. The molecule has 0 aromatic rings. The molecule has 0 saturated carbocycles. The van der Waals surface area contributed by atoms with Gasteiger partial charge in [-0.05, 0) is 29.6 Å². The van der Waals surface area contributed by atoms with Gasteiger partial charge in [0.05, 0.1) is 0 Å². The second kappa shape index (κ2) is 2.91. The second-order valence-corrected chi connectivity index (χ2v) is 1.73. The van der Waals surface area contributed by atoms with E-state index in [4.69, 9.17) is 0 Å². The van der Waals surface area contributed by atoms with Crippen molar-refractivity contribution in [1.29, 1.82) is 0 Å². The molecule has 0 bridgehead atoms. The molecule has 0 radical (unpaired) electrons. The molecular formula is C4H5BrFN. The van der Waals surface area contributed by atoms with Gasteiger partial charge in [-0.1, -0.05) is 0 Å². The van der Waals surface area contributed by atoms with E-state index in [-0.39, 0.29) is 10.4 Å². The van der Waals surface area contributed by atoms with Crippen LogP contribution in [0.2, 0.25) is 0 Å². The Morgan fingerprint density at radius 3 is 2.29 bits per heavy atom. The number of allylic oxidation sites excluding steroid dienone is 1. The predicted octanol–water partition coefficient (Wildman–Crippen LogP) is 2.24. The molecule has 0 amide bonds. The van der Waals surface area contributed by atoms with Crippen molar-refractivity contribution in [2.24, 2.45) is 4.99 Å². The number of nitrogens with zero attached hydrogens (tertiary/aromatic N) is 1. The van der Waals surface area contributed by atoms with Gasteiger partial charge in [0.15, 0.2) is 0 Å². The highest BCUT2D eigenvalue weighted by Crippen LogP contribution is 2.11. The van der Waals surface area contributed by atoms with Crippen molar-refractivity contribution in [1.82, 2.24) is 0 Å². The summed E-state index contributed by atoms with van der Waals surface area (Å²) in [7, 11) is 0. The highest BCUT2D eigenvalue weighted by Gasteiger charge is 1.88. The molecule has 0 aromatic carbocycles. The third kappa shape index (κ3) is 2.51. The first-order valence-corrected chi connectivity index (χ1v) is 2.46. The van der Waals surface area contributed by atoms with Gasteiger partial charge in [0.25, 0.3) is 0 Å². The lowest BCUT2D eigenvalue weighted by Crippen LogP contribution is -1.63. The van der Waals surface area contributed by atoms with Crippen LogP contribution in [0, 0.1) is 0 Å². The molecule has 40 valence electrons. The first kappa shape index (κ1) is 6.82. The maximum atomic E-state index is 11.8. The first-order valence-electron chi connectivity index (χ1n) is 1.67. The van der Waals surface area contributed by atoms with E-state index in [1.165, 1.54) is 6.92 Å². The van der Waals surface area contributed by atoms with Gasteiger partial charge in [0.2, 0.25) is 0 Å². The number of halogens is 2. The van der Waals surface area contributed by atoms with Crippen molar-refractivity contribution >= 4 is 22.6 Å². The second-order valence-electron chi connectivity index (χ2n) is 0.982. The van der Waals surface area contributed by atoms with Gasteiger partial charge in [0, 0.05) is 0 Å². The van der Waals surface area contributed by atoms with Crippen molar-refractivity contribution in [3.05, 3.63) is 10.4 Å². The van der Waals surface area contributed by atoms with Crippen molar-refractivity contribution in [2.45, 2.75) is 6.92 Å². The molecule has 0 N–H and O–H groups in total. The highest BCUT2D eigenvalue weighted by molar-refractivity contribution is 9.11. The fourth-order valence-electron chi connectivity index (χ4n) is 0.109. The Labute approximate surface area is 50.1 Å². The lowest BCUT2D eigenvalue weighted by Gasteiger charge is -1.83. The third-order valence-corrected chi connectivity index (χ3v) is 1.22. The minimum atomic E-state index is -0.352. The van der Waals surface area contributed by atoms with Gasteiger partial charge >= 0.3 is 0 Å². The standard InChI is InChI=1S/C4H5BrFN/c1-3(6)4(5)7-2/h2H2,1H3/b4-3+. The zero-order valence-electron chi connectivity index (χ0n) is 3.91. The minimum absolute atomic E-state index is 0.174. The van der Waals surface area contributed by atoms with Crippen LogP contribution in [-0.4, -0.2) is 6.72 Å². The summed E-state index contributed by atoms with van der Waals surface area (Å²) in [6.07, 6.45) is 0. The summed E-state index contributed by atoms with van der Waals surface area (Å²) in [5.74, 6) is -0.352. The van der Waals surface area contributed by atoms with E-state index in [2.05, 4.69) is 27.6 Å². The van der Waals surface area contributed by atoms with Crippen LogP contribution in [0.1, 0.15) is 6.92 Å².